The highest BCUT2D eigenvalue weighted by Gasteiger charge is 2.24. The first-order valence-electron chi connectivity index (χ1n) is 7.78. The largest absolute Gasteiger partial charge is 0.395 e. The molecule has 130 valence electrons. The molecule has 1 unspecified atom stereocenters. The molecule has 0 aliphatic rings. The van der Waals surface area contributed by atoms with E-state index >= 15 is 0 Å². The molecular weight excluding hydrogens is 298 g/mol. The lowest BCUT2D eigenvalue weighted by atomic mass is 9.96. The number of hydrogen-bond donors (Lipinski definition) is 4. The third-order valence-electron chi connectivity index (χ3n) is 3.29. The molecule has 0 aromatic heterocycles. The molecule has 0 fully saturated rings. The Morgan fingerprint density at radius 1 is 1.30 bits per heavy atom. The zero-order chi connectivity index (χ0) is 17.3. The summed E-state index contributed by atoms with van der Waals surface area (Å²) in [6, 6.07) is 7.07. The number of aliphatic hydroxyl groups is 3. The molecule has 1 aromatic rings. The van der Waals surface area contributed by atoms with Crippen molar-refractivity contribution in [2.45, 2.75) is 32.0 Å². The standard InChI is InChI=1S/C17H27NO5/c1-17(2,22)16(21)14-5-3-13(4-6-14)7-10-23-12-15(20)11-18-8-9-19/h3-6,15,18-20,22H,7-12H2,1-2H3. The average Bonchev–Trinajstić information content (AvgIpc) is 2.51. The number of carbonyl (C=O) groups excluding carboxylic acids is 1. The van der Waals surface area contributed by atoms with Crippen LogP contribution in [0.1, 0.15) is 29.8 Å². The van der Waals surface area contributed by atoms with Gasteiger partial charge in [-0.3, -0.25) is 4.79 Å². The third-order valence-corrected chi connectivity index (χ3v) is 3.29. The fourth-order valence-electron chi connectivity index (χ4n) is 1.99. The van der Waals surface area contributed by atoms with Crippen LogP contribution in [0, 0.1) is 0 Å². The Bertz CT molecular complexity index is 467. The minimum Gasteiger partial charge on any atom is -0.395 e. The van der Waals surface area contributed by atoms with E-state index in [-0.39, 0.29) is 19.0 Å². The van der Waals surface area contributed by atoms with Gasteiger partial charge in [0, 0.05) is 18.7 Å². The van der Waals surface area contributed by atoms with Crippen LogP contribution in [0.25, 0.3) is 0 Å². The molecule has 0 aliphatic carbocycles. The Morgan fingerprint density at radius 3 is 2.52 bits per heavy atom. The number of aliphatic hydroxyl groups excluding tert-OH is 2. The fraction of sp³-hybridized carbons (Fsp3) is 0.588. The number of rotatable bonds is 11. The fourth-order valence-corrected chi connectivity index (χ4v) is 1.99. The molecule has 23 heavy (non-hydrogen) atoms. The Hall–Kier alpha value is -1.31. The molecule has 0 spiro atoms. The highest BCUT2D eigenvalue weighted by Crippen LogP contribution is 2.13. The number of carbonyl (C=O) groups is 1. The predicted octanol–water partition coefficient (Wildman–Crippen LogP) is 0.142. The number of Topliss-reactive ketones (excluding diaryl/α,β-unsaturated/α-hetero) is 1. The molecule has 0 radical (unpaired) electrons. The van der Waals surface area contributed by atoms with Gasteiger partial charge in [-0.2, -0.15) is 0 Å². The van der Waals surface area contributed by atoms with Gasteiger partial charge in [0.1, 0.15) is 5.60 Å². The van der Waals surface area contributed by atoms with Gasteiger partial charge < -0.3 is 25.4 Å². The second-order valence-electron chi connectivity index (χ2n) is 5.99. The lowest BCUT2D eigenvalue weighted by Gasteiger charge is -2.15. The van der Waals surface area contributed by atoms with E-state index in [1.807, 2.05) is 12.1 Å². The lowest BCUT2D eigenvalue weighted by molar-refractivity contribution is 0.0379. The van der Waals surface area contributed by atoms with Crippen LogP contribution in [0.2, 0.25) is 0 Å². The van der Waals surface area contributed by atoms with E-state index in [1.54, 1.807) is 12.1 Å². The summed E-state index contributed by atoms with van der Waals surface area (Å²) >= 11 is 0. The van der Waals surface area contributed by atoms with Crippen LogP contribution in [0.15, 0.2) is 24.3 Å². The summed E-state index contributed by atoms with van der Waals surface area (Å²) < 4.78 is 5.40. The molecule has 0 heterocycles. The first kappa shape index (κ1) is 19.7. The van der Waals surface area contributed by atoms with Crippen LogP contribution in [0.4, 0.5) is 0 Å². The molecule has 6 nitrogen and oxygen atoms in total. The van der Waals surface area contributed by atoms with E-state index in [0.29, 0.717) is 31.7 Å². The van der Waals surface area contributed by atoms with Crippen molar-refractivity contribution in [1.29, 1.82) is 0 Å². The maximum atomic E-state index is 11.9. The molecule has 1 aromatic carbocycles. The maximum Gasteiger partial charge on any atom is 0.193 e. The molecular formula is C17H27NO5. The van der Waals surface area contributed by atoms with Crippen LogP contribution in [0.3, 0.4) is 0 Å². The lowest BCUT2D eigenvalue weighted by Crippen LogP contribution is -2.32. The molecule has 0 amide bonds. The summed E-state index contributed by atoms with van der Waals surface area (Å²) in [7, 11) is 0. The van der Waals surface area contributed by atoms with Crippen molar-refractivity contribution in [3.63, 3.8) is 0 Å². The Labute approximate surface area is 137 Å². The molecule has 0 aliphatic heterocycles. The highest BCUT2D eigenvalue weighted by molar-refractivity contribution is 6.01. The van der Waals surface area contributed by atoms with E-state index in [0.717, 1.165) is 5.56 Å². The van der Waals surface area contributed by atoms with Crippen molar-refractivity contribution >= 4 is 5.78 Å². The van der Waals surface area contributed by atoms with Gasteiger partial charge in [0.05, 0.1) is 25.9 Å². The monoisotopic (exact) mass is 325 g/mol. The summed E-state index contributed by atoms with van der Waals surface area (Å²) in [5.41, 5.74) is 0.128. The molecule has 0 saturated heterocycles. The summed E-state index contributed by atoms with van der Waals surface area (Å²) in [6.45, 7) is 4.51. The van der Waals surface area contributed by atoms with Crippen molar-refractivity contribution < 1.29 is 24.9 Å². The van der Waals surface area contributed by atoms with Crippen molar-refractivity contribution in [3.8, 4) is 0 Å². The Balaban J connectivity index is 2.30. The van der Waals surface area contributed by atoms with Crippen molar-refractivity contribution in [2.24, 2.45) is 0 Å². The molecule has 0 bridgehead atoms. The van der Waals surface area contributed by atoms with Gasteiger partial charge in [-0.1, -0.05) is 24.3 Å². The normalized spacial score (nSPS) is 13.1. The van der Waals surface area contributed by atoms with E-state index in [2.05, 4.69) is 5.32 Å². The van der Waals surface area contributed by atoms with E-state index in [1.165, 1.54) is 13.8 Å². The number of benzene rings is 1. The molecule has 0 saturated carbocycles. The van der Waals surface area contributed by atoms with Gasteiger partial charge in [0.2, 0.25) is 0 Å². The first-order chi connectivity index (χ1) is 10.8. The van der Waals surface area contributed by atoms with Gasteiger partial charge in [0.25, 0.3) is 0 Å². The van der Waals surface area contributed by atoms with Gasteiger partial charge in [0.15, 0.2) is 5.78 Å². The summed E-state index contributed by atoms with van der Waals surface area (Å²) in [6.07, 6.45) is 0.0710. The highest BCUT2D eigenvalue weighted by atomic mass is 16.5. The van der Waals surface area contributed by atoms with Gasteiger partial charge in [-0.25, -0.2) is 0 Å². The Morgan fingerprint density at radius 2 is 1.96 bits per heavy atom. The molecule has 6 heteroatoms. The van der Waals surface area contributed by atoms with Gasteiger partial charge >= 0.3 is 0 Å². The molecule has 1 rings (SSSR count). The van der Waals surface area contributed by atoms with Crippen molar-refractivity contribution in [1.82, 2.24) is 5.32 Å². The van der Waals surface area contributed by atoms with Crippen molar-refractivity contribution in [2.75, 3.05) is 32.9 Å². The van der Waals surface area contributed by atoms with Gasteiger partial charge in [-0.05, 0) is 25.8 Å². The van der Waals surface area contributed by atoms with Crippen LogP contribution in [-0.4, -0.2) is 65.7 Å². The second kappa shape index (κ2) is 9.75. The minimum absolute atomic E-state index is 0.0412. The second-order valence-corrected chi connectivity index (χ2v) is 5.99. The summed E-state index contributed by atoms with van der Waals surface area (Å²) in [4.78, 5) is 11.9. The third kappa shape index (κ3) is 7.67. The topological polar surface area (TPSA) is 99.0 Å². The smallest absolute Gasteiger partial charge is 0.193 e. The predicted molar refractivity (Wildman–Crippen MR) is 87.6 cm³/mol. The van der Waals surface area contributed by atoms with E-state index in [4.69, 9.17) is 9.84 Å². The number of nitrogens with one attached hydrogen (secondary N) is 1. The summed E-state index contributed by atoms with van der Waals surface area (Å²) in [5.74, 6) is -0.307. The molecule has 1 atom stereocenters. The first-order valence-corrected chi connectivity index (χ1v) is 7.78. The number of ether oxygens (including phenoxy) is 1. The maximum absolute atomic E-state index is 11.9. The molecule has 4 N–H and O–H groups in total. The average molecular weight is 325 g/mol. The number of hydrogen-bond acceptors (Lipinski definition) is 6. The van der Waals surface area contributed by atoms with Crippen LogP contribution >= 0.6 is 0 Å². The van der Waals surface area contributed by atoms with E-state index < -0.39 is 11.7 Å². The zero-order valence-electron chi connectivity index (χ0n) is 13.8. The van der Waals surface area contributed by atoms with Gasteiger partial charge in [-0.15, -0.1) is 0 Å². The summed E-state index contributed by atoms with van der Waals surface area (Å²) in [5, 5.41) is 30.8. The zero-order valence-corrected chi connectivity index (χ0v) is 13.8. The number of ketones is 1. The van der Waals surface area contributed by atoms with Crippen LogP contribution < -0.4 is 5.32 Å². The van der Waals surface area contributed by atoms with E-state index in [9.17, 15) is 15.0 Å². The van der Waals surface area contributed by atoms with Crippen LogP contribution in [0.5, 0.6) is 0 Å². The van der Waals surface area contributed by atoms with Crippen molar-refractivity contribution in [3.05, 3.63) is 35.4 Å². The SMILES string of the molecule is CC(C)(O)C(=O)c1ccc(CCOCC(O)CNCCO)cc1. The van der Waals surface area contributed by atoms with Crippen LogP contribution in [-0.2, 0) is 11.2 Å². The Kier molecular flexibility index (Phi) is 8.36. The minimum atomic E-state index is -1.37. The quantitative estimate of drug-likeness (QED) is 0.341.